The largest absolute Gasteiger partial charge is 0.363 e. The average Bonchev–Trinajstić information content (AvgIpc) is 2.78. The summed E-state index contributed by atoms with van der Waals surface area (Å²) in [6, 6.07) is 3.64. The second kappa shape index (κ2) is 5.07. The van der Waals surface area contributed by atoms with Crippen molar-refractivity contribution in [3.05, 3.63) is 34.5 Å². The van der Waals surface area contributed by atoms with Crippen LogP contribution in [0.1, 0.15) is 18.5 Å². The quantitative estimate of drug-likeness (QED) is 0.873. The monoisotopic (exact) mass is 282 g/mol. The number of halogens is 1. The summed E-state index contributed by atoms with van der Waals surface area (Å²) in [4.78, 5) is 8.56. The van der Waals surface area contributed by atoms with E-state index in [-0.39, 0.29) is 0 Å². The van der Waals surface area contributed by atoms with Gasteiger partial charge in [0, 0.05) is 18.6 Å². The summed E-state index contributed by atoms with van der Waals surface area (Å²) >= 11 is 3.35. The lowest BCUT2D eigenvalue weighted by Gasteiger charge is -2.05. The third-order valence-corrected chi connectivity index (χ3v) is 2.40. The van der Waals surface area contributed by atoms with Crippen molar-refractivity contribution in [3.63, 3.8) is 0 Å². The number of rotatable bonds is 4. The standard InChI is InChI=1S/C10H11BrN4O/c1-2-9-14-8(11)5-10(15-9)12-6-7-3-4-13-16-7/h3-5H,2,6H2,1H3,(H,12,14,15). The first-order valence-electron chi connectivity index (χ1n) is 4.95. The molecule has 2 heterocycles. The van der Waals surface area contributed by atoms with Gasteiger partial charge in [-0.05, 0) is 15.9 Å². The second-order valence-corrected chi connectivity index (χ2v) is 3.99. The number of anilines is 1. The molecule has 0 unspecified atom stereocenters. The van der Waals surface area contributed by atoms with E-state index >= 15 is 0 Å². The number of nitrogens with one attached hydrogen (secondary N) is 1. The van der Waals surface area contributed by atoms with E-state index in [9.17, 15) is 0 Å². The van der Waals surface area contributed by atoms with E-state index in [0.29, 0.717) is 6.54 Å². The van der Waals surface area contributed by atoms with E-state index in [1.54, 1.807) is 6.20 Å². The minimum absolute atomic E-state index is 0.562. The molecule has 0 fully saturated rings. The fourth-order valence-electron chi connectivity index (χ4n) is 1.22. The molecule has 2 aromatic heterocycles. The fraction of sp³-hybridized carbons (Fsp3) is 0.300. The molecular formula is C10H11BrN4O. The summed E-state index contributed by atoms with van der Waals surface area (Å²) in [6.07, 6.45) is 2.42. The van der Waals surface area contributed by atoms with Gasteiger partial charge in [0.05, 0.1) is 12.7 Å². The molecule has 0 aliphatic heterocycles. The molecule has 0 spiro atoms. The molecule has 2 rings (SSSR count). The number of aryl methyl sites for hydroxylation is 1. The Balaban J connectivity index is 2.06. The molecule has 0 bridgehead atoms. The number of hydrogen-bond donors (Lipinski definition) is 1. The van der Waals surface area contributed by atoms with Gasteiger partial charge < -0.3 is 9.84 Å². The van der Waals surface area contributed by atoms with Crippen LogP contribution in [0.3, 0.4) is 0 Å². The zero-order valence-electron chi connectivity index (χ0n) is 8.77. The average molecular weight is 283 g/mol. The van der Waals surface area contributed by atoms with Gasteiger partial charge in [0.1, 0.15) is 16.2 Å². The van der Waals surface area contributed by atoms with E-state index in [0.717, 1.165) is 28.4 Å². The van der Waals surface area contributed by atoms with Gasteiger partial charge in [-0.2, -0.15) is 0 Å². The summed E-state index contributed by atoms with van der Waals surface area (Å²) in [5.74, 6) is 2.34. The highest BCUT2D eigenvalue weighted by molar-refractivity contribution is 9.10. The van der Waals surface area contributed by atoms with Crippen LogP contribution in [0.2, 0.25) is 0 Å². The highest BCUT2D eigenvalue weighted by Gasteiger charge is 2.02. The minimum Gasteiger partial charge on any atom is -0.363 e. The normalized spacial score (nSPS) is 10.4. The van der Waals surface area contributed by atoms with Gasteiger partial charge in [-0.1, -0.05) is 12.1 Å². The second-order valence-electron chi connectivity index (χ2n) is 3.18. The van der Waals surface area contributed by atoms with Gasteiger partial charge in [-0.3, -0.25) is 0 Å². The Morgan fingerprint density at radius 1 is 1.44 bits per heavy atom. The SMILES string of the molecule is CCc1nc(Br)cc(NCc2ccno2)n1. The van der Waals surface area contributed by atoms with Gasteiger partial charge >= 0.3 is 0 Å². The predicted molar refractivity (Wildman–Crippen MR) is 62.9 cm³/mol. The molecule has 16 heavy (non-hydrogen) atoms. The van der Waals surface area contributed by atoms with E-state index in [2.05, 4.69) is 36.4 Å². The number of nitrogens with zero attached hydrogens (tertiary/aromatic N) is 3. The summed E-state index contributed by atoms with van der Waals surface area (Å²) in [5.41, 5.74) is 0. The van der Waals surface area contributed by atoms with Crippen LogP contribution in [-0.4, -0.2) is 15.1 Å². The van der Waals surface area contributed by atoms with Crippen LogP contribution in [0.25, 0.3) is 0 Å². The molecule has 0 amide bonds. The number of aromatic nitrogens is 3. The van der Waals surface area contributed by atoms with Crippen LogP contribution in [-0.2, 0) is 13.0 Å². The Labute approximate surface area is 101 Å². The van der Waals surface area contributed by atoms with Crippen LogP contribution in [0.15, 0.2) is 27.5 Å². The molecule has 0 radical (unpaired) electrons. The third kappa shape index (κ3) is 2.79. The van der Waals surface area contributed by atoms with Crippen LogP contribution in [0, 0.1) is 0 Å². The molecule has 5 nitrogen and oxygen atoms in total. The van der Waals surface area contributed by atoms with Gasteiger partial charge in [0.2, 0.25) is 0 Å². The molecule has 6 heteroatoms. The first-order chi connectivity index (χ1) is 7.78. The maximum Gasteiger partial charge on any atom is 0.155 e. The first kappa shape index (κ1) is 11.1. The molecule has 1 N–H and O–H groups in total. The molecule has 2 aromatic rings. The predicted octanol–water partition coefficient (Wildman–Crippen LogP) is 2.40. The Kier molecular flexibility index (Phi) is 3.51. The van der Waals surface area contributed by atoms with Crippen molar-refractivity contribution in [1.29, 1.82) is 0 Å². The Bertz CT molecular complexity index is 458. The molecule has 0 aromatic carbocycles. The molecule has 84 valence electrons. The summed E-state index contributed by atoms with van der Waals surface area (Å²) in [6.45, 7) is 2.58. The molecule has 0 atom stereocenters. The Morgan fingerprint density at radius 2 is 2.31 bits per heavy atom. The van der Waals surface area contributed by atoms with Crippen molar-refractivity contribution in [2.45, 2.75) is 19.9 Å². The number of hydrogen-bond acceptors (Lipinski definition) is 5. The minimum atomic E-state index is 0.562. The topological polar surface area (TPSA) is 63.8 Å². The molecule has 0 aliphatic carbocycles. The summed E-state index contributed by atoms with van der Waals surface area (Å²) in [5, 5.41) is 6.78. The Hall–Kier alpha value is -1.43. The van der Waals surface area contributed by atoms with Crippen LogP contribution in [0.4, 0.5) is 5.82 Å². The lowest BCUT2D eigenvalue weighted by Crippen LogP contribution is -2.03. The van der Waals surface area contributed by atoms with Crippen molar-refractivity contribution >= 4 is 21.7 Å². The van der Waals surface area contributed by atoms with Crippen molar-refractivity contribution in [3.8, 4) is 0 Å². The highest BCUT2D eigenvalue weighted by Crippen LogP contribution is 2.13. The highest BCUT2D eigenvalue weighted by atomic mass is 79.9. The molecule has 0 aliphatic rings. The van der Waals surface area contributed by atoms with Crippen molar-refractivity contribution in [1.82, 2.24) is 15.1 Å². The van der Waals surface area contributed by atoms with Gasteiger partial charge in [-0.25, -0.2) is 9.97 Å². The van der Waals surface area contributed by atoms with E-state index in [4.69, 9.17) is 4.52 Å². The van der Waals surface area contributed by atoms with Gasteiger partial charge in [0.25, 0.3) is 0 Å². The zero-order valence-corrected chi connectivity index (χ0v) is 10.4. The van der Waals surface area contributed by atoms with Crippen molar-refractivity contribution in [2.24, 2.45) is 0 Å². The maximum absolute atomic E-state index is 4.97. The maximum atomic E-state index is 4.97. The Morgan fingerprint density at radius 3 is 3.00 bits per heavy atom. The summed E-state index contributed by atoms with van der Waals surface area (Å²) in [7, 11) is 0. The van der Waals surface area contributed by atoms with Crippen LogP contribution >= 0.6 is 15.9 Å². The first-order valence-corrected chi connectivity index (χ1v) is 5.74. The zero-order chi connectivity index (χ0) is 11.4. The van der Waals surface area contributed by atoms with Crippen molar-refractivity contribution < 1.29 is 4.52 Å². The lowest BCUT2D eigenvalue weighted by atomic mass is 10.4. The molecule has 0 saturated heterocycles. The lowest BCUT2D eigenvalue weighted by molar-refractivity contribution is 0.388. The molecule has 0 saturated carbocycles. The van der Waals surface area contributed by atoms with E-state index < -0.39 is 0 Å². The van der Waals surface area contributed by atoms with Crippen LogP contribution < -0.4 is 5.32 Å². The van der Waals surface area contributed by atoms with E-state index in [1.165, 1.54) is 0 Å². The summed E-state index contributed by atoms with van der Waals surface area (Å²) < 4.78 is 5.75. The van der Waals surface area contributed by atoms with Gasteiger partial charge in [-0.15, -0.1) is 0 Å². The van der Waals surface area contributed by atoms with Crippen LogP contribution in [0.5, 0.6) is 0 Å². The third-order valence-electron chi connectivity index (χ3n) is 1.99. The fourth-order valence-corrected chi connectivity index (χ4v) is 1.65. The van der Waals surface area contributed by atoms with Crippen molar-refractivity contribution in [2.75, 3.05) is 5.32 Å². The molecular weight excluding hydrogens is 272 g/mol. The van der Waals surface area contributed by atoms with Gasteiger partial charge in [0.15, 0.2) is 5.76 Å². The smallest absolute Gasteiger partial charge is 0.155 e. The van der Waals surface area contributed by atoms with E-state index in [1.807, 2.05) is 19.1 Å².